The predicted molar refractivity (Wildman–Crippen MR) is 77.1 cm³/mol. The van der Waals surface area contributed by atoms with Crippen molar-refractivity contribution in [2.24, 2.45) is 0 Å². The van der Waals surface area contributed by atoms with Crippen LogP contribution in [0.2, 0.25) is 0 Å². The molecule has 0 bridgehead atoms. The quantitative estimate of drug-likeness (QED) is 0.640. The van der Waals surface area contributed by atoms with Crippen molar-refractivity contribution >= 4 is 23.1 Å². The van der Waals surface area contributed by atoms with Gasteiger partial charge >= 0.3 is 0 Å². The molecule has 2 nitrogen and oxygen atoms in total. The normalized spacial score (nSPS) is 10.4. The fourth-order valence-electron chi connectivity index (χ4n) is 1.76. The first-order valence-corrected chi connectivity index (χ1v) is 6.57. The zero-order chi connectivity index (χ0) is 12.3. The second-order valence-corrected chi connectivity index (χ2v) is 5.12. The minimum absolute atomic E-state index is 0.775. The summed E-state index contributed by atoms with van der Waals surface area (Å²) in [4.78, 5) is 1.24. The van der Waals surface area contributed by atoms with E-state index >= 15 is 0 Å². The molecule has 17 heavy (non-hydrogen) atoms. The van der Waals surface area contributed by atoms with Gasteiger partial charge < -0.3 is 11.5 Å². The highest BCUT2D eigenvalue weighted by Crippen LogP contribution is 2.33. The summed E-state index contributed by atoms with van der Waals surface area (Å²) >= 11 is 1.81. The number of nitrogens with two attached hydrogens (primary N) is 2. The van der Waals surface area contributed by atoms with Crippen molar-refractivity contribution in [2.45, 2.75) is 11.8 Å². The van der Waals surface area contributed by atoms with Crippen LogP contribution in [0.15, 0.2) is 47.4 Å². The summed E-state index contributed by atoms with van der Waals surface area (Å²) in [7, 11) is 0. The zero-order valence-electron chi connectivity index (χ0n) is 9.81. The molecule has 4 N–H and O–H groups in total. The van der Waals surface area contributed by atoms with Crippen molar-refractivity contribution in [2.75, 3.05) is 17.2 Å². The fraction of sp³-hybridized carbons (Fsp3) is 0.143. The number of hydrogen-bond donors (Lipinski definition) is 2. The maximum atomic E-state index is 5.86. The number of thioether (sulfide) groups is 1. The molecule has 2 aromatic rings. The largest absolute Gasteiger partial charge is 0.399 e. The van der Waals surface area contributed by atoms with E-state index in [4.69, 9.17) is 11.5 Å². The summed E-state index contributed by atoms with van der Waals surface area (Å²) in [5.74, 6) is 1.04. The highest BCUT2D eigenvalue weighted by molar-refractivity contribution is 7.99. The standard InChI is InChI=1S/C14H16N2S/c1-2-17-14-7-6-12(16)9-13(14)10-4-3-5-11(15)8-10/h3-9H,2,15-16H2,1H3. The van der Waals surface area contributed by atoms with Gasteiger partial charge in [-0.1, -0.05) is 19.1 Å². The Hall–Kier alpha value is -1.61. The molecule has 0 amide bonds. The molecule has 2 rings (SSSR count). The average molecular weight is 244 g/mol. The summed E-state index contributed by atoms with van der Waals surface area (Å²) in [6, 6.07) is 13.9. The number of anilines is 2. The molecule has 0 aliphatic heterocycles. The van der Waals surface area contributed by atoms with Crippen LogP contribution in [0.4, 0.5) is 11.4 Å². The molecular formula is C14H16N2S. The summed E-state index contributed by atoms with van der Waals surface area (Å²) in [6.07, 6.45) is 0. The van der Waals surface area contributed by atoms with Crippen molar-refractivity contribution in [3.05, 3.63) is 42.5 Å². The molecule has 0 fully saturated rings. The lowest BCUT2D eigenvalue weighted by Crippen LogP contribution is -1.90. The lowest BCUT2D eigenvalue weighted by Gasteiger charge is -2.10. The van der Waals surface area contributed by atoms with Crippen LogP contribution in [-0.4, -0.2) is 5.75 Å². The van der Waals surface area contributed by atoms with E-state index in [9.17, 15) is 0 Å². The maximum Gasteiger partial charge on any atom is 0.0321 e. The van der Waals surface area contributed by atoms with E-state index in [1.165, 1.54) is 4.90 Å². The average Bonchev–Trinajstić information content (AvgIpc) is 2.32. The van der Waals surface area contributed by atoms with Crippen molar-refractivity contribution in [3.8, 4) is 11.1 Å². The van der Waals surface area contributed by atoms with Crippen LogP contribution in [-0.2, 0) is 0 Å². The van der Waals surface area contributed by atoms with Crippen molar-refractivity contribution in [1.29, 1.82) is 0 Å². The van der Waals surface area contributed by atoms with Gasteiger partial charge in [-0.3, -0.25) is 0 Å². The van der Waals surface area contributed by atoms with E-state index in [0.29, 0.717) is 0 Å². The van der Waals surface area contributed by atoms with E-state index < -0.39 is 0 Å². The van der Waals surface area contributed by atoms with Gasteiger partial charge in [0.1, 0.15) is 0 Å². The predicted octanol–water partition coefficient (Wildman–Crippen LogP) is 3.63. The maximum absolute atomic E-state index is 5.86. The Kier molecular flexibility index (Phi) is 3.59. The summed E-state index contributed by atoms with van der Waals surface area (Å²) in [5, 5.41) is 0. The van der Waals surface area contributed by atoms with E-state index in [2.05, 4.69) is 19.1 Å². The van der Waals surface area contributed by atoms with Gasteiger partial charge in [0, 0.05) is 16.3 Å². The van der Waals surface area contributed by atoms with Gasteiger partial charge in [-0.2, -0.15) is 0 Å². The molecule has 0 saturated carbocycles. The van der Waals surface area contributed by atoms with Crippen molar-refractivity contribution in [3.63, 3.8) is 0 Å². The van der Waals surface area contributed by atoms with Gasteiger partial charge in [0.2, 0.25) is 0 Å². The Balaban J connectivity index is 2.52. The highest BCUT2D eigenvalue weighted by atomic mass is 32.2. The van der Waals surface area contributed by atoms with Gasteiger partial charge in [0.15, 0.2) is 0 Å². The molecule has 0 aliphatic rings. The molecule has 0 unspecified atom stereocenters. The Bertz CT molecular complexity index is 523. The van der Waals surface area contributed by atoms with Gasteiger partial charge in [-0.15, -0.1) is 11.8 Å². The van der Waals surface area contributed by atoms with Gasteiger partial charge in [-0.05, 0) is 47.2 Å². The molecule has 88 valence electrons. The SMILES string of the molecule is CCSc1ccc(N)cc1-c1cccc(N)c1. The van der Waals surface area contributed by atoms with E-state index in [0.717, 1.165) is 28.3 Å². The Morgan fingerprint density at radius 1 is 1.00 bits per heavy atom. The van der Waals surface area contributed by atoms with E-state index in [1.807, 2.05) is 42.1 Å². The Labute approximate surface area is 106 Å². The van der Waals surface area contributed by atoms with E-state index in [-0.39, 0.29) is 0 Å². The molecule has 0 atom stereocenters. The van der Waals surface area contributed by atoms with Crippen LogP contribution in [0.25, 0.3) is 11.1 Å². The van der Waals surface area contributed by atoms with Gasteiger partial charge in [0.25, 0.3) is 0 Å². The molecule has 0 aromatic heterocycles. The molecule has 0 saturated heterocycles. The molecule has 3 heteroatoms. The van der Waals surface area contributed by atoms with Crippen LogP contribution >= 0.6 is 11.8 Å². The Morgan fingerprint density at radius 2 is 1.76 bits per heavy atom. The lowest BCUT2D eigenvalue weighted by atomic mass is 10.0. The van der Waals surface area contributed by atoms with Crippen LogP contribution < -0.4 is 11.5 Å². The number of rotatable bonds is 3. The topological polar surface area (TPSA) is 52.0 Å². The van der Waals surface area contributed by atoms with Crippen LogP contribution in [0.5, 0.6) is 0 Å². The fourth-order valence-corrected chi connectivity index (χ4v) is 2.57. The second-order valence-electron chi connectivity index (χ2n) is 3.81. The smallest absolute Gasteiger partial charge is 0.0321 e. The van der Waals surface area contributed by atoms with Crippen LogP contribution in [0, 0.1) is 0 Å². The minimum Gasteiger partial charge on any atom is -0.399 e. The first kappa shape index (κ1) is 11.9. The summed E-state index contributed by atoms with van der Waals surface area (Å²) in [6.45, 7) is 2.14. The molecule has 2 aromatic carbocycles. The number of benzene rings is 2. The second kappa shape index (κ2) is 5.15. The number of hydrogen-bond acceptors (Lipinski definition) is 3. The molecule has 0 spiro atoms. The summed E-state index contributed by atoms with van der Waals surface area (Å²) < 4.78 is 0. The summed E-state index contributed by atoms with van der Waals surface area (Å²) in [5.41, 5.74) is 15.5. The highest BCUT2D eigenvalue weighted by Gasteiger charge is 2.06. The third-order valence-corrected chi connectivity index (χ3v) is 3.46. The minimum atomic E-state index is 0.775. The zero-order valence-corrected chi connectivity index (χ0v) is 10.6. The Morgan fingerprint density at radius 3 is 2.47 bits per heavy atom. The molecular weight excluding hydrogens is 228 g/mol. The van der Waals surface area contributed by atoms with Crippen LogP contribution in [0.1, 0.15) is 6.92 Å². The van der Waals surface area contributed by atoms with Crippen molar-refractivity contribution < 1.29 is 0 Å². The molecule has 0 heterocycles. The van der Waals surface area contributed by atoms with Crippen molar-refractivity contribution in [1.82, 2.24) is 0 Å². The van der Waals surface area contributed by atoms with Gasteiger partial charge in [-0.25, -0.2) is 0 Å². The monoisotopic (exact) mass is 244 g/mol. The third kappa shape index (κ3) is 2.74. The van der Waals surface area contributed by atoms with E-state index in [1.54, 1.807) is 0 Å². The molecule has 0 radical (unpaired) electrons. The van der Waals surface area contributed by atoms with Crippen LogP contribution in [0.3, 0.4) is 0 Å². The first-order valence-electron chi connectivity index (χ1n) is 5.59. The molecule has 0 aliphatic carbocycles. The van der Waals surface area contributed by atoms with Gasteiger partial charge in [0.05, 0.1) is 0 Å². The number of nitrogen functional groups attached to an aromatic ring is 2. The third-order valence-electron chi connectivity index (χ3n) is 2.50. The first-order chi connectivity index (χ1) is 8.20. The lowest BCUT2D eigenvalue weighted by molar-refractivity contribution is 1.42.